The van der Waals surface area contributed by atoms with Gasteiger partial charge in [-0.3, -0.25) is 4.18 Å². The van der Waals surface area contributed by atoms with Crippen molar-refractivity contribution >= 4 is 10.1 Å². The predicted octanol–water partition coefficient (Wildman–Crippen LogP) is 4.11. The number of aryl methyl sites for hydroxylation is 1. The largest absolute Gasteiger partial charge is 0.270 e. The molecule has 1 aromatic rings. The summed E-state index contributed by atoms with van der Waals surface area (Å²) in [4.78, 5) is 0. The molecule has 0 radical (unpaired) electrons. The van der Waals surface area contributed by atoms with E-state index in [1.54, 1.807) is 0 Å². The maximum absolute atomic E-state index is 10.9. The van der Waals surface area contributed by atoms with Crippen LogP contribution < -0.4 is 0 Å². The third-order valence-corrected chi connectivity index (χ3v) is 4.12. The summed E-state index contributed by atoms with van der Waals surface area (Å²) in [5, 5.41) is 0. The molecule has 0 saturated carbocycles. The summed E-state index contributed by atoms with van der Waals surface area (Å²) in [5.41, 5.74) is 2.48. The van der Waals surface area contributed by atoms with Gasteiger partial charge in [-0.15, -0.1) is 0 Å². The van der Waals surface area contributed by atoms with Crippen molar-refractivity contribution in [3.63, 3.8) is 0 Å². The van der Waals surface area contributed by atoms with Crippen LogP contribution in [0.25, 0.3) is 0 Å². The Morgan fingerprint density at radius 2 is 1.38 bits per heavy atom. The fourth-order valence-electron chi connectivity index (χ4n) is 2.29. The maximum atomic E-state index is 10.9. The van der Waals surface area contributed by atoms with E-state index < -0.39 is 10.1 Å². The molecule has 0 aliphatic rings. The molecule has 0 aromatic heterocycles. The van der Waals surface area contributed by atoms with Gasteiger partial charge in [0.2, 0.25) is 0 Å². The Kier molecular flexibility index (Phi) is 8.62. The van der Waals surface area contributed by atoms with Crippen LogP contribution >= 0.6 is 0 Å². The number of rotatable bonds is 11. The van der Waals surface area contributed by atoms with E-state index in [1.165, 1.54) is 44.1 Å². The Labute approximate surface area is 129 Å². The van der Waals surface area contributed by atoms with Crippen molar-refractivity contribution in [1.82, 2.24) is 0 Å². The number of hydrogen-bond donors (Lipinski definition) is 0. The first-order chi connectivity index (χ1) is 10.0. The minimum Gasteiger partial charge on any atom is -0.270 e. The molecule has 3 nitrogen and oxygen atoms in total. The molecule has 0 N–H and O–H groups in total. The molecule has 0 spiro atoms. The van der Waals surface area contributed by atoms with Gasteiger partial charge < -0.3 is 0 Å². The van der Waals surface area contributed by atoms with Crippen molar-refractivity contribution in [3.8, 4) is 0 Å². The van der Waals surface area contributed by atoms with Crippen LogP contribution in [-0.2, 0) is 27.1 Å². The highest BCUT2D eigenvalue weighted by Crippen LogP contribution is 2.11. The molecule has 0 bridgehead atoms. The first kappa shape index (κ1) is 18.2. The summed E-state index contributed by atoms with van der Waals surface area (Å²) in [6.07, 6.45) is 10.7. The van der Waals surface area contributed by atoms with Gasteiger partial charge in [-0.25, -0.2) is 0 Å². The van der Waals surface area contributed by atoms with E-state index in [0.29, 0.717) is 6.42 Å². The second-order valence-electron chi connectivity index (χ2n) is 5.61. The summed E-state index contributed by atoms with van der Waals surface area (Å²) in [7, 11) is -3.32. The average Bonchev–Trinajstić information content (AvgIpc) is 2.43. The maximum Gasteiger partial charge on any atom is 0.264 e. The third-order valence-electron chi connectivity index (χ3n) is 3.53. The highest BCUT2D eigenvalue weighted by Gasteiger charge is 2.02. The van der Waals surface area contributed by atoms with Crippen LogP contribution in [0.5, 0.6) is 0 Å². The van der Waals surface area contributed by atoms with E-state index >= 15 is 0 Å². The molecule has 1 rings (SSSR count). The van der Waals surface area contributed by atoms with Crippen LogP contribution in [0.3, 0.4) is 0 Å². The number of benzene rings is 1. The molecule has 0 atom stereocenters. The van der Waals surface area contributed by atoms with Gasteiger partial charge in [-0.1, -0.05) is 63.3 Å². The molecule has 1 aromatic carbocycles. The Hall–Kier alpha value is -0.870. The fraction of sp³-hybridized carbons (Fsp3) is 0.647. The minimum atomic E-state index is -3.32. The monoisotopic (exact) mass is 312 g/mol. The zero-order valence-corrected chi connectivity index (χ0v) is 14.1. The lowest BCUT2D eigenvalue weighted by Gasteiger charge is -2.05. The zero-order valence-electron chi connectivity index (χ0n) is 13.3. The Bertz CT molecular complexity index is 477. The normalized spacial score (nSPS) is 11.7. The number of hydrogen-bond acceptors (Lipinski definition) is 3. The van der Waals surface area contributed by atoms with Gasteiger partial charge >= 0.3 is 0 Å². The van der Waals surface area contributed by atoms with Crippen LogP contribution in [0.2, 0.25) is 0 Å². The highest BCUT2D eigenvalue weighted by molar-refractivity contribution is 7.85. The third kappa shape index (κ3) is 9.64. The van der Waals surface area contributed by atoms with Gasteiger partial charge in [-0.05, 0) is 30.4 Å². The predicted molar refractivity (Wildman–Crippen MR) is 88.0 cm³/mol. The van der Waals surface area contributed by atoms with Crippen molar-refractivity contribution < 1.29 is 12.6 Å². The second kappa shape index (κ2) is 9.96. The van der Waals surface area contributed by atoms with Crippen molar-refractivity contribution in [3.05, 3.63) is 35.4 Å². The van der Waals surface area contributed by atoms with Gasteiger partial charge in [0, 0.05) is 0 Å². The lowest BCUT2D eigenvalue weighted by molar-refractivity contribution is 0.326. The van der Waals surface area contributed by atoms with Crippen LogP contribution in [-0.4, -0.2) is 21.3 Å². The quantitative estimate of drug-likeness (QED) is 0.456. The minimum absolute atomic E-state index is 0.218. The van der Waals surface area contributed by atoms with Gasteiger partial charge in [0.15, 0.2) is 0 Å². The summed E-state index contributed by atoms with van der Waals surface area (Å²) >= 11 is 0. The van der Waals surface area contributed by atoms with E-state index in [4.69, 9.17) is 4.18 Å². The van der Waals surface area contributed by atoms with Crippen molar-refractivity contribution in [2.24, 2.45) is 0 Å². The second-order valence-corrected chi connectivity index (χ2v) is 7.25. The molecule has 120 valence electrons. The molecule has 0 unspecified atom stereocenters. The Balaban J connectivity index is 2.21. The summed E-state index contributed by atoms with van der Waals surface area (Å²) in [6, 6.07) is 8.42. The van der Waals surface area contributed by atoms with Gasteiger partial charge in [0.05, 0.1) is 12.9 Å². The fourth-order valence-corrected chi connectivity index (χ4v) is 2.68. The molecule has 0 amide bonds. The van der Waals surface area contributed by atoms with Crippen molar-refractivity contribution in [2.45, 2.75) is 58.3 Å². The van der Waals surface area contributed by atoms with Crippen molar-refractivity contribution in [2.75, 3.05) is 12.9 Å². The van der Waals surface area contributed by atoms with Crippen LogP contribution in [0.15, 0.2) is 24.3 Å². The average molecular weight is 312 g/mol. The lowest BCUT2D eigenvalue weighted by Crippen LogP contribution is -2.06. The van der Waals surface area contributed by atoms with E-state index in [9.17, 15) is 8.42 Å². The lowest BCUT2D eigenvalue weighted by atomic mass is 10.0. The zero-order chi connectivity index (χ0) is 15.6. The molecule has 0 fully saturated rings. The van der Waals surface area contributed by atoms with Crippen LogP contribution in [0, 0.1) is 0 Å². The van der Waals surface area contributed by atoms with Gasteiger partial charge in [0.25, 0.3) is 10.1 Å². The standard InChI is InChI=1S/C17H28O3S/c1-3-4-5-6-7-8-9-16-10-12-17(13-11-16)14-15-20-21(2,18)19/h10-13H,3-9,14-15H2,1-2H3. The Morgan fingerprint density at radius 1 is 0.857 bits per heavy atom. The molecule has 0 aliphatic heterocycles. The molecular weight excluding hydrogens is 284 g/mol. The van der Waals surface area contributed by atoms with E-state index in [2.05, 4.69) is 31.2 Å². The molecular formula is C17H28O3S. The number of unbranched alkanes of at least 4 members (excludes halogenated alkanes) is 5. The topological polar surface area (TPSA) is 43.4 Å². The van der Waals surface area contributed by atoms with E-state index in [-0.39, 0.29) is 6.61 Å². The summed E-state index contributed by atoms with van der Waals surface area (Å²) < 4.78 is 26.5. The van der Waals surface area contributed by atoms with E-state index in [0.717, 1.165) is 18.2 Å². The molecule has 0 aliphatic carbocycles. The van der Waals surface area contributed by atoms with E-state index in [1.807, 2.05) is 0 Å². The van der Waals surface area contributed by atoms with Gasteiger partial charge in [0.1, 0.15) is 0 Å². The van der Waals surface area contributed by atoms with Gasteiger partial charge in [-0.2, -0.15) is 8.42 Å². The first-order valence-corrected chi connectivity index (χ1v) is 9.75. The first-order valence-electron chi connectivity index (χ1n) is 7.93. The summed E-state index contributed by atoms with van der Waals surface area (Å²) in [6.45, 7) is 2.46. The SMILES string of the molecule is CCCCCCCCc1ccc(CCOS(C)(=O)=O)cc1. The molecule has 0 saturated heterocycles. The van der Waals surface area contributed by atoms with Crippen molar-refractivity contribution in [1.29, 1.82) is 0 Å². The smallest absolute Gasteiger partial charge is 0.264 e. The Morgan fingerprint density at radius 3 is 1.95 bits per heavy atom. The van der Waals surface area contributed by atoms with Crippen LogP contribution in [0.4, 0.5) is 0 Å². The summed E-state index contributed by atoms with van der Waals surface area (Å²) in [5.74, 6) is 0. The van der Waals surface area contributed by atoms with Crippen LogP contribution in [0.1, 0.15) is 56.6 Å². The molecule has 0 heterocycles. The highest BCUT2D eigenvalue weighted by atomic mass is 32.2. The molecule has 21 heavy (non-hydrogen) atoms. The molecule has 4 heteroatoms.